The van der Waals surface area contributed by atoms with Gasteiger partial charge in [-0.15, -0.1) is 0 Å². The van der Waals surface area contributed by atoms with Gasteiger partial charge >= 0.3 is 0 Å². The van der Waals surface area contributed by atoms with Crippen molar-refractivity contribution in [3.8, 4) is 0 Å². The molecule has 4 fully saturated rings. The molecule has 1 aliphatic carbocycles. The summed E-state index contributed by atoms with van der Waals surface area (Å²) in [5.74, 6) is 0. The number of anilines is 2. The molecule has 4 atom stereocenters. The van der Waals surface area contributed by atoms with Crippen molar-refractivity contribution >= 4 is 11.4 Å². The number of fused-ring (bicyclic) bond motifs is 2. The molecule has 6 nitrogen and oxygen atoms in total. The second kappa shape index (κ2) is 7.73. The molecule has 4 saturated heterocycles. The summed E-state index contributed by atoms with van der Waals surface area (Å²) >= 11 is 0. The molecule has 0 bridgehead atoms. The molecule has 0 amide bonds. The van der Waals surface area contributed by atoms with Crippen LogP contribution >= 0.6 is 0 Å². The Bertz CT molecular complexity index is 903. The normalized spacial score (nSPS) is 28.5. The van der Waals surface area contributed by atoms with Gasteiger partial charge in [0.25, 0.3) is 0 Å². The van der Waals surface area contributed by atoms with Crippen LogP contribution in [-0.4, -0.2) is 77.0 Å². The molecule has 5 aliphatic rings. The van der Waals surface area contributed by atoms with E-state index in [1.54, 1.807) is 0 Å². The van der Waals surface area contributed by atoms with Gasteiger partial charge in [-0.05, 0) is 59.4 Å². The van der Waals surface area contributed by atoms with Crippen LogP contribution in [0.1, 0.15) is 22.3 Å². The minimum absolute atomic E-state index is 0.380. The first kappa shape index (κ1) is 19.4. The van der Waals surface area contributed by atoms with Gasteiger partial charge in [0.2, 0.25) is 0 Å². The van der Waals surface area contributed by atoms with Gasteiger partial charge < -0.3 is 28.7 Å². The fourth-order valence-corrected chi connectivity index (χ4v) is 4.95. The first-order chi connectivity index (χ1) is 15.8. The summed E-state index contributed by atoms with van der Waals surface area (Å²) in [5, 5.41) is 0. The highest BCUT2D eigenvalue weighted by atomic mass is 16.6. The van der Waals surface area contributed by atoms with Gasteiger partial charge in [-0.25, -0.2) is 0 Å². The van der Waals surface area contributed by atoms with Crippen molar-refractivity contribution in [2.45, 2.75) is 37.3 Å². The monoisotopic (exact) mass is 434 g/mol. The van der Waals surface area contributed by atoms with E-state index in [1.165, 1.54) is 33.6 Å². The second-order valence-electron chi connectivity index (χ2n) is 9.89. The molecule has 4 unspecified atom stereocenters. The van der Waals surface area contributed by atoms with Crippen molar-refractivity contribution < 1.29 is 18.9 Å². The Hall–Kier alpha value is -2.12. The third kappa shape index (κ3) is 4.37. The van der Waals surface area contributed by atoms with E-state index in [-0.39, 0.29) is 0 Å². The largest absolute Gasteiger partial charge is 0.371 e. The van der Waals surface area contributed by atoms with Crippen LogP contribution in [0.4, 0.5) is 11.4 Å². The SMILES string of the molecule is c1cc2c(cc1N(CC1CO1)CC1CO1)Cc1cc(N(CC3CO3)CC3CO3)ccc1C2. The van der Waals surface area contributed by atoms with Gasteiger partial charge in [0.1, 0.15) is 0 Å². The third-order valence-electron chi connectivity index (χ3n) is 7.18. The molecule has 0 radical (unpaired) electrons. The average molecular weight is 435 g/mol. The van der Waals surface area contributed by atoms with Crippen molar-refractivity contribution in [3.05, 3.63) is 58.7 Å². The third-order valence-corrected chi connectivity index (χ3v) is 7.18. The summed E-state index contributed by atoms with van der Waals surface area (Å²) in [5.41, 5.74) is 8.41. The molecular formula is C26H30N2O4. The summed E-state index contributed by atoms with van der Waals surface area (Å²) in [6.07, 6.45) is 3.53. The molecular weight excluding hydrogens is 404 g/mol. The number of hydrogen-bond acceptors (Lipinski definition) is 6. The predicted molar refractivity (Wildman–Crippen MR) is 122 cm³/mol. The molecule has 0 saturated carbocycles. The van der Waals surface area contributed by atoms with Gasteiger partial charge in [-0.3, -0.25) is 0 Å². The van der Waals surface area contributed by atoms with Crippen molar-refractivity contribution in [3.63, 3.8) is 0 Å². The lowest BCUT2D eigenvalue weighted by atomic mass is 9.85. The fraction of sp³-hybridized carbons (Fsp3) is 0.538. The van der Waals surface area contributed by atoms with Gasteiger partial charge in [-0.1, -0.05) is 12.1 Å². The standard InChI is InChI=1S/C26H30N2O4/c1-3-21(27(9-23-13-29-23)10-24-14-30-24)7-19-6-20-8-22(4-2-18(20)5-17(1)19)28(11-25-15-31-25)12-26-16-32-26/h1-4,7-8,23-26H,5-6,9-16H2. The second-order valence-corrected chi connectivity index (χ2v) is 9.89. The molecule has 4 aliphatic heterocycles. The summed E-state index contributed by atoms with van der Waals surface area (Å²) in [7, 11) is 0. The van der Waals surface area contributed by atoms with E-state index in [0.29, 0.717) is 24.4 Å². The van der Waals surface area contributed by atoms with Crippen molar-refractivity contribution in [1.29, 1.82) is 0 Å². The highest BCUT2D eigenvalue weighted by Gasteiger charge is 2.33. The Balaban J connectivity index is 1.13. The van der Waals surface area contributed by atoms with Gasteiger partial charge in [0.15, 0.2) is 0 Å². The highest BCUT2D eigenvalue weighted by Crippen LogP contribution is 2.34. The average Bonchev–Trinajstić information content (AvgIpc) is 3.60. The van der Waals surface area contributed by atoms with Crippen LogP contribution in [-0.2, 0) is 31.8 Å². The quantitative estimate of drug-likeness (QED) is 0.457. The van der Waals surface area contributed by atoms with Crippen molar-refractivity contribution in [2.75, 3.05) is 62.4 Å². The molecule has 7 rings (SSSR count). The number of hydrogen-bond donors (Lipinski definition) is 0. The Labute approximate surface area is 189 Å². The maximum Gasteiger partial charge on any atom is 0.0984 e. The van der Waals surface area contributed by atoms with Crippen LogP contribution < -0.4 is 9.80 Å². The molecule has 0 spiro atoms. The first-order valence-corrected chi connectivity index (χ1v) is 12.0. The van der Waals surface area contributed by atoms with Gasteiger partial charge in [-0.2, -0.15) is 0 Å². The van der Waals surface area contributed by atoms with E-state index in [2.05, 4.69) is 46.2 Å². The highest BCUT2D eigenvalue weighted by molar-refractivity contribution is 5.59. The molecule has 168 valence electrons. The van der Waals surface area contributed by atoms with Crippen molar-refractivity contribution in [1.82, 2.24) is 0 Å². The van der Waals surface area contributed by atoms with Crippen LogP contribution in [0.5, 0.6) is 0 Å². The minimum Gasteiger partial charge on any atom is -0.371 e. The molecule has 2 aromatic carbocycles. The Morgan fingerprint density at radius 2 is 0.875 bits per heavy atom. The topological polar surface area (TPSA) is 56.6 Å². The Morgan fingerprint density at radius 3 is 1.22 bits per heavy atom. The number of ether oxygens (including phenoxy) is 4. The maximum absolute atomic E-state index is 5.52. The van der Waals surface area contributed by atoms with Gasteiger partial charge in [0.05, 0.1) is 50.8 Å². The van der Waals surface area contributed by atoms with Crippen LogP contribution in [0.25, 0.3) is 0 Å². The van der Waals surface area contributed by atoms with Crippen LogP contribution in [0, 0.1) is 0 Å². The summed E-state index contributed by atoms with van der Waals surface area (Å²) in [4.78, 5) is 4.91. The molecule has 4 heterocycles. The lowest BCUT2D eigenvalue weighted by Gasteiger charge is -2.28. The number of benzene rings is 2. The molecule has 6 heteroatoms. The van der Waals surface area contributed by atoms with E-state index < -0.39 is 0 Å². The van der Waals surface area contributed by atoms with E-state index >= 15 is 0 Å². The zero-order valence-corrected chi connectivity index (χ0v) is 18.4. The maximum atomic E-state index is 5.52. The van der Waals surface area contributed by atoms with E-state index in [9.17, 15) is 0 Å². The predicted octanol–water partition coefficient (Wildman–Crippen LogP) is 2.39. The molecule has 2 aromatic rings. The Kier molecular flexibility index (Phi) is 4.68. The number of epoxide rings is 4. The van der Waals surface area contributed by atoms with Crippen LogP contribution in [0.2, 0.25) is 0 Å². The van der Waals surface area contributed by atoms with Crippen LogP contribution in [0.3, 0.4) is 0 Å². The van der Waals surface area contributed by atoms with E-state index in [1.807, 2.05) is 0 Å². The van der Waals surface area contributed by atoms with E-state index in [4.69, 9.17) is 18.9 Å². The first-order valence-electron chi connectivity index (χ1n) is 12.0. The van der Waals surface area contributed by atoms with Crippen molar-refractivity contribution in [2.24, 2.45) is 0 Å². The molecule has 0 N–H and O–H groups in total. The zero-order chi connectivity index (χ0) is 21.1. The lowest BCUT2D eigenvalue weighted by Crippen LogP contribution is -2.32. The van der Waals surface area contributed by atoms with Crippen LogP contribution in [0.15, 0.2) is 36.4 Å². The summed E-state index contributed by atoms with van der Waals surface area (Å²) < 4.78 is 22.1. The zero-order valence-electron chi connectivity index (χ0n) is 18.4. The fourth-order valence-electron chi connectivity index (χ4n) is 4.95. The minimum atomic E-state index is 0.380. The Morgan fingerprint density at radius 1 is 0.531 bits per heavy atom. The van der Waals surface area contributed by atoms with Gasteiger partial charge in [0, 0.05) is 37.6 Å². The smallest absolute Gasteiger partial charge is 0.0984 e. The summed E-state index contributed by atoms with van der Waals surface area (Å²) in [6, 6.07) is 14.0. The molecule has 0 aromatic heterocycles. The number of rotatable bonds is 10. The van der Waals surface area contributed by atoms with E-state index in [0.717, 1.165) is 65.4 Å². The molecule has 32 heavy (non-hydrogen) atoms. The lowest BCUT2D eigenvalue weighted by molar-refractivity contribution is 0.388. The number of nitrogens with zero attached hydrogens (tertiary/aromatic N) is 2. The summed E-state index contributed by atoms with van der Waals surface area (Å²) in [6.45, 7) is 7.38.